The lowest BCUT2D eigenvalue weighted by atomic mass is 10.1. The first kappa shape index (κ1) is 16.7. The third-order valence-electron chi connectivity index (χ3n) is 4.68. The van der Waals surface area contributed by atoms with Crippen molar-refractivity contribution >= 4 is 5.82 Å². The molecule has 3 aromatic rings. The van der Waals surface area contributed by atoms with E-state index in [1.54, 1.807) is 0 Å². The van der Waals surface area contributed by atoms with E-state index in [1.807, 2.05) is 42.6 Å². The van der Waals surface area contributed by atoms with Crippen LogP contribution in [0.2, 0.25) is 0 Å². The monoisotopic (exact) mass is 349 g/mol. The van der Waals surface area contributed by atoms with Crippen LogP contribution >= 0.6 is 0 Å². The summed E-state index contributed by atoms with van der Waals surface area (Å²) in [6, 6.07) is 16.2. The highest BCUT2D eigenvalue weighted by Gasteiger charge is 2.24. The molecule has 1 aliphatic heterocycles. The summed E-state index contributed by atoms with van der Waals surface area (Å²) in [5.41, 5.74) is 1.20. The van der Waals surface area contributed by atoms with Crippen LogP contribution in [-0.4, -0.2) is 39.7 Å². The highest BCUT2D eigenvalue weighted by atomic mass is 16.5. The number of aromatic nitrogens is 3. The Labute approximate surface area is 153 Å². The van der Waals surface area contributed by atoms with Gasteiger partial charge in [-0.25, -0.2) is 4.98 Å². The van der Waals surface area contributed by atoms with Crippen LogP contribution in [0, 0.1) is 5.92 Å². The highest BCUT2D eigenvalue weighted by molar-refractivity contribution is 5.33. The lowest BCUT2D eigenvalue weighted by Gasteiger charge is -2.14. The molecule has 0 saturated carbocycles. The molecule has 0 radical (unpaired) electrons. The first-order chi connectivity index (χ1) is 12.8. The molecule has 1 aliphatic rings. The van der Waals surface area contributed by atoms with Crippen molar-refractivity contribution in [1.29, 1.82) is 0 Å². The zero-order valence-electron chi connectivity index (χ0n) is 14.7. The van der Waals surface area contributed by atoms with Crippen LogP contribution in [0.5, 0.6) is 0 Å². The number of nitrogens with zero attached hydrogens (tertiary/aromatic N) is 4. The molecule has 4 rings (SSSR count). The maximum atomic E-state index is 5.43. The molecule has 26 heavy (non-hydrogen) atoms. The van der Waals surface area contributed by atoms with Gasteiger partial charge in [-0.05, 0) is 36.6 Å². The first-order valence-electron chi connectivity index (χ1n) is 9.08. The summed E-state index contributed by atoms with van der Waals surface area (Å²) in [5.74, 6) is 3.00. The smallest absolute Gasteiger partial charge is 0.240 e. The van der Waals surface area contributed by atoms with Gasteiger partial charge in [0.05, 0.1) is 6.54 Å². The molecular weight excluding hydrogens is 326 g/mol. The Hall–Kier alpha value is -2.73. The molecule has 0 unspecified atom stereocenters. The van der Waals surface area contributed by atoms with E-state index in [2.05, 4.69) is 37.5 Å². The third-order valence-corrected chi connectivity index (χ3v) is 4.68. The average molecular weight is 349 g/mol. The van der Waals surface area contributed by atoms with Gasteiger partial charge in [-0.2, -0.15) is 4.98 Å². The molecule has 0 spiro atoms. The molecule has 6 heteroatoms. The Morgan fingerprint density at radius 1 is 1.12 bits per heavy atom. The van der Waals surface area contributed by atoms with Gasteiger partial charge in [0.25, 0.3) is 0 Å². The zero-order valence-corrected chi connectivity index (χ0v) is 14.7. The molecule has 1 aromatic carbocycles. The molecule has 3 heterocycles. The second-order valence-corrected chi connectivity index (χ2v) is 6.75. The van der Waals surface area contributed by atoms with Crippen LogP contribution in [0.1, 0.15) is 23.7 Å². The normalized spacial score (nSPS) is 17.5. The average Bonchev–Trinajstić information content (AvgIpc) is 3.31. The van der Waals surface area contributed by atoms with Gasteiger partial charge in [-0.15, -0.1) is 0 Å². The van der Waals surface area contributed by atoms with Gasteiger partial charge in [0.15, 0.2) is 5.82 Å². The number of anilines is 1. The van der Waals surface area contributed by atoms with Gasteiger partial charge in [0.1, 0.15) is 5.82 Å². The predicted octanol–water partition coefficient (Wildman–Crippen LogP) is 2.99. The molecule has 6 nitrogen and oxygen atoms in total. The van der Waals surface area contributed by atoms with E-state index in [4.69, 9.17) is 4.52 Å². The van der Waals surface area contributed by atoms with Crippen LogP contribution in [0.25, 0.3) is 0 Å². The molecule has 2 aromatic heterocycles. The van der Waals surface area contributed by atoms with Crippen molar-refractivity contribution in [2.24, 2.45) is 5.92 Å². The molecular formula is C20H23N5O. The van der Waals surface area contributed by atoms with Crippen LogP contribution in [0.15, 0.2) is 59.3 Å². The lowest BCUT2D eigenvalue weighted by molar-refractivity contribution is 0.261. The topological polar surface area (TPSA) is 67.1 Å². The molecule has 134 valence electrons. The Kier molecular flexibility index (Phi) is 5.21. The van der Waals surface area contributed by atoms with Crippen molar-refractivity contribution in [3.05, 3.63) is 72.0 Å². The van der Waals surface area contributed by atoms with E-state index >= 15 is 0 Å². The maximum absolute atomic E-state index is 5.43. The third kappa shape index (κ3) is 4.46. The molecule has 1 N–H and O–H groups in total. The standard InChI is InChI=1S/C20H23N5O/c1-2-6-16(7-3-1)12-19-23-20(26-24-19)15-25-11-9-17(14-25)13-22-18-8-4-5-10-21-18/h1-8,10,17H,9,11-15H2,(H,21,22)/t17-/m0/s1. The van der Waals surface area contributed by atoms with Gasteiger partial charge >= 0.3 is 0 Å². The Morgan fingerprint density at radius 3 is 2.85 bits per heavy atom. The zero-order chi connectivity index (χ0) is 17.6. The SMILES string of the molecule is c1ccc(Cc2noc(CN3CC[C@@H](CNc4ccccn4)C3)n2)cc1. The van der Waals surface area contributed by atoms with Crippen molar-refractivity contribution in [2.45, 2.75) is 19.4 Å². The summed E-state index contributed by atoms with van der Waals surface area (Å²) < 4.78 is 5.43. The van der Waals surface area contributed by atoms with Crippen LogP contribution < -0.4 is 5.32 Å². The summed E-state index contributed by atoms with van der Waals surface area (Å²) in [7, 11) is 0. The van der Waals surface area contributed by atoms with E-state index in [9.17, 15) is 0 Å². The van der Waals surface area contributed by atoms with Crippen LogP contribution in [0.3, 0.4) is 0 Å². The van der Waals surface area contributed by atoms with Crippen molar-refractivity contribution < 1.29 is 4.52 Å². The number of likely N-dealkylation sites (tertiary alicyclic amines) is 1. The van der Waals surface area contributed by atoms with Gasteiger partial charge in [-0.3, -0.25) is 4.90 Å². The second kappa shape index (κ2) is 8.10. The number of nitrogens with one attached hydrogen (secondary N) is 1. The predicted molar refractivity (Wildman–Crippen MR) is 99.7 cm³/mol. The fourth-order valence-electron chi connectivity index (χ4n) is 3.34. The second-order valence-electron chi connectivity index (χ2n) is 6.75. The number of hydrogen-bond acceptors (Lipinski definition) is 6. The quantitative estimate of drug-likeness (QED) is 0.707. The van der Waals surface area contributed by atoms with E-state index in [1.165, 1.54) is 12.0 Å². The summed E-state index contributed by atoms with van der Waals surface area (Å²) in [5, 5.41) is 7.53. The minimum absolute atomic E-state index is 0.615. The highest BCUT2D eigenvalue weighted by Crippen LogP contribution is 2.19. The summed E-state index contributed by atoms with van der Waals surface area (Å²) in [4.78, 5) is 11.2. The fraction of sp³-hybridized carbons (Fsp3) is 0.350. The van der Waals surface area contributed by atoms with E-state index < -0.39 is 0 Å². The molecule has 1 fully saturated rings. The van der Waals surface area contributed by atoms with Gasteiger partial charge < -0.3 is 9.84 Å². The van der Waals surface area contributed by atoms with Gasteiger partial charge in [-0.1, -0.05) is 41.6 Å². The van der Waals surface area contributed by atoms with E-state index in [0.717, 1.165) is 37.8 Å². The summed E-state index contributed by atoms with van der Waals surface area (Å²) in [6.45, 7) is 3.76. The Balaban J connectivity index is 1.25. The molecule has 0 bridgehead atoms. The van der Waals surface area contributed by atoms with E-state index in [0.29, 0.717) is 18.2 Å². The Morgan fingerprint density at radius 2 is 2.00 bits per heavy atom. The van der Waals surface area contributed by atoms with Crippen LogP contribution in [-0.2, 0) is 13.0 Å². The van der Waals surface area contributed by atoms with Crippen molar-refractivity contribution in [2.75, 3.05) is 25.0 Å². The van der Waals surface area contributed by atoms with Gasteiger partial charge in [0, 0.05) is 25.7 Å². The van der Waals surface area contributed by atoms with Crippen molar-refractivity contribution in [1.82, 2.24) is 20.0 Å². The fourth-order valence-corrected chi connectivity index (χ4v) is 3.34. The van der Waals surface area contributed by atoms with Gasteiger partial charge in [0.2, 0.25) is 5.89 Å². The van der Waals surface area contributed by atoms with E-state index in [-0.39, 0.29) is 0 Å². The Bertz CT molecular complexity index is 805. The van der Waals surface area contributed by atoms with Crippen LogP contribution in [0.4, 0.5) is 5.82 Å². The lowest BCUT2D eigenvalue weighted by Crippen LogP contribution is -2.23. The number of rotatable bonds is 7. The molecule has 0 aliphatic carbocycles. The summed E-state index contributed by atoms with van der Waals surface area (Å²) >= 11 is 0. The summed E-state index contributed by atoms with van der Waals surface area (Å²) in [6.07, 6.45) is 3.69. The number of pyridine rings is 1. The minimum Gasteiger partial charge on any atom is -0.370 e. The van der Waals surface area contributed by atoms with Crippen molar-refractivity contribution in [3.63, 3.8) is 0 Å². The first-order valence-corrected chi connectivity index (χ1v) is 9.08. The largest absolute Gasteiger partial charge is 0.370 e. The molecule has 1 atom stereocenters. The maximum Gasteiger partial charge on any atom is 0.240 e. The van der Waals surface area contributed by atoms with Crippen molar-refractivity contribution in [3.8, 4) is 0 Å². The number of hydrogen-bond donors (Lipinski definition) is 1. The molecule has 0 amide bonds. The minimum atomic E-state index is 0.615. The molecule has 1 saturated heterocycles. The number of benzene rings is 1.